The third kappa shape index (κ3) is 2.66. The first-order valence-electron chi connectivity index (χ1n) is 4.31. The number of hydrogen-bond acceptors (Lipinski definition) is 4. The van der Waals surface area contributed by atoms with Crippen LogP contribution < -0.4 is 11.3 Å². The molecule has 7 heteroatoms. The Morgan fingerprint density at radius 1 is 1.73 bits per heavy atom. The van der Waals surface area contributed by atoms with Crippen molar-refractivity contribution in [1.29, 1.82) is 0 Å². The summed E-state index contributed by atoms with van der Waals surface area (Å²) in [5, 5.41) is 2.46. The summed E-state index contributed by atoms with van der Waals surface area (Å²) in [6.45, 7) is 1.98. The highest BCUT2D eigenvalue weighted by Crippen LogP contribution is 1.93. The van der Waals surface area contributed by atoms with Crippen molar-refractivity contribution in [2.75, 3.05) is 6.61 Å². The number of aromatic nitrogens is 2. The maximum absolute atomic E-state index is 11.5. The van der Waals surface area contributed by atoms with Gasteiger partial charge < -0.3 is 10.5 Å². The van der Waals surface area contributed by atoms with E-state index in [1.54, 1.807) is 6.92 Å². The van der Waals surface area contributed by atoms with Gasteiger partial charge in [0.25, 0.3) is 5.56 Å². The minimum atomic E-state index is -0.455. The molecule has 0 saturated heterocycles. The SMILES string of the molecule is CCOC(=O)Cc1c[nH]n(C(N)=S)c1=O. The van der Waals surface area contributed by atoms with Crippen LogP contribution in [0, 0.1) is 0 Å². The number of thiocarbonyl (C=S) groups is 1. The van der Waals surface area contributed by atoms with Crippen molar-refractivity contribution in [3.05, 3.63) is 22.1 Å². The lowest BCUT2D eigenvalue weighted by Gasteiger charge is -1.98. The zero-order valence-corrected chi connectivity index (χ0v) is 8.97. The van der Waals surface area contributed by atoms with Crippen molar-refractivity contribution in [1.82, 2.24) is 9.78 Å². The summed E-state index contributed by atoms with van der Waals surface area (Å²) >= 11 is 4.62. The molecule has 1 aromatic rings. The first-order valence-corrected chi connectivity index (χ1v) is 4.71. The van der Waals surface area contributed by atoms with Crippen LogP contribution in [0.4, 0.5) is 0 Å². The second kappa shape index (κ2) is 4.74. The minimum Gasteiger partial charge on any atom is -0.466 e. The average Bonchev–Trinajstić information content (AvgIpc) is 2.48. The number of esters is 1. The summed E-state index contributed by atoms with van der Waals surface area (Å²) in [6.07, 6.45) is 1.30. The van der Waals surface area contributed by atoms with Crippen LogP contribution >= 0.6 is 12.2 Å². The molecule has 15 heavy (non-hydrogen) atoms. The van der Waals surface area contributed by atoms with E-state index < -0.39 is 11.5 Å². The summed E-state index contributed by atoms with van der Waals surface area (Å²) in [7, 11) is 0. The molecule has 6 nitrogen and oxygen atoms in total. The highest BCUT2D eigenvalue weighted by atomic mass is 32.1. The zero-order valence-electron chi connectivity index (χ0n) is 8.15. The number of H-pyrrole nitrogens is 1. The molecule has 1 heterocycles. The van der Waals surface area contributed by atoms with Gasteiger partial charge in [0.2, 0.25) is 0 Å². The Morgan fingerprint density at radius 3 is 2.87 bits per heavy atom. The van der Waals surface area contributed by atoms with E-state index in [1.807, 2.05) is 0 Å². The molecule has 0 radical (unpaired) electrons. The topological polar surface area (TPSA) is 90.1 Å². The summed E-state index contributed by atoms with van der Waals surface area (Å²) in [6, 6.07) is 0. The molecule has 0 aliphatic rings. The fourth-order valence-corrected chi connectivity index (χ4v) is 1.20. The van der Waals surface area contributed by atoms with Gasteiger partial charge in [0.05, 0.1) is 13.0 Å². The number of carbonyl (C=O) groups is 1. The van der Waals surface area contributed by atoms with Gasteiger partial charge in [0, 0.05) is 11.8 Å². The number of carbonyl (C=O) groups excluding carboxylic acids is 1. The predicted molar refractivity (Wildman–Crippen MR) is 57.6 cm³/mol. The van der Waals surface area contributed by atoms with E-state index in [1.165, 1.54) is 6.20 Å². The number of aromatic amines is 1. The van der Waals surface area contributed by atoms with E-state index >= 15 is 0 Å². The van der Waals surface area contributed by atoms with Crippen LogP contribution in [0.25, 0.3) is 0 Å². The van der Waals surface area contributed by atoms with E-state index in [2.05, 4.69) is 17.3 Å². The van der Waals surface area contributed by atoms with Crippen LogP contribution in [0.1, 0.15) is 12.5 Å². The molecular formula is C8H11N3O3S. The summed E-state index contributed by atoms with van der Waals surface area (Å²) < 4.78 is 5.70. The maximum atomic E-state index is 11.5. The van der Waals surface area contributed by atoms with Gasteiger partial charge in [-0.3, -0.25) is 14.7 Å². The molecule has 0 aliphatic carbocycles. The third-order valence-corrected chi connectivity index (χ3v) is 1.89. The van der Waals surface area contributed by atoms with Crippen molar-refractivity contribution in [3.8, 4) is 0 Å². The molecule has 0 aliphatic heterocycles. The first kappa shape index (κ1) is 11.4. The molecule has 0 fully saturated rings. The van der Waals surface area contributed by atoms with Gasteiger partial charge in [-0.15, -0.1) is 0 Å². The highest BCUT2D eigenvalue weighted by molar-refractivity contribution is 7.80. The Labute approximate surface area is 91.0 Å². The van der Waals surface area contributed by atoms with Gasteiger partial charge in [-0.25, -0.2) is 0 Å². The Balaban J connectivity index is 2.84. The van der Waals surface area contributed by atoms with Crippen molar-refractivity contribution >= 4 is 23.3 Å². The van der Waals surface area contributed by atoms with Gasteiger partial charge in [-0.1, -0.05) is 0 Å². The van der Waals surface area contributed by atoms with Crippen LogP contribution in [0.2, 0.25) is 0 Å². The second-order valence-corrected chi connectivity index (χ2v) is 3.18. The number of rotatable bonds is 3. The fourth-order valence-electron chi connectivity index (χ4n) is 1.06. The molecule has 1 rings (SSSR count). The molecular weight excluding hydrogens is 218 g/mol. The molecule has 0 amide bonds. The lowest BCUT2D eigenvalue weighted by Crippen LogP contribution is -2.31. The van der Waals surface area contributed by atoms with Crippen LogP contribution in [-0.4, -0.2) is 27.5 Å². The zero-order chi connectivity index (χ0) is 11.4. The molecule has 0 spiro atoms. The molecule has 0 saturated carbocycles. The van der Waals surface area contributed by atoms with Crippen molar-refractivity contribution in [2.24, 2.45) is 5.73 Å². The van der Waals surface area contributed by atoms with E-state index in [0.717, 1.165) is 4.68 Å². The van der Waals surface area contributed by atoms with E-state index in [-0.39, 0.29) is 23.7 Å². The Bertz CT molecular complexity index is 435. The fraction of sp³-hybridized carbons (Fsp3) is 0.375. The summed E-state index contributed by atoms with van der Waals surface area (Å²) in [4.78, 5) is 22.6. The lowest BCUT2D eigenvalue weighted by atomic mass is 10.2. The Morgan fingerprint density at radius 2 is 2.40 bits per heavy atom. The summed E-state index contributed by atoms with van der Waals surface area (Å²) in [5.74, 6) is -0.455. The molecule has 0 bridgehead atoms. The maximum Gasteiger partial charge on any atom is 0.310 e. The average molecular weight is 229 g/mol. The van der Waals surface area contributed by atoms with Crippen LogP contribution in [0.5, 0.6) is 0 Å². The van der Waals surface area contributed by atoms with E-state index in [0.29, 0.717) is 0 Å². The monoisotopic (exact) mass is 229 g/mol. The largest absolute Gasteiger partial charge is 0.466 e. The quantitative estimate of drug-likeness (QED) is 0.532. The second-order valence-electron chi connectivity index (χ2n) is 2.76. The minimum absolute atomic E-state index is 0.0845. The molecule has 0 aromatic carbocycles. The number of ether oxygens (including phenoxy) is 1. The Hall–Kier alpha value is -1.63. The van der Waals surface area contributed by atoms with Crippen LogP contribution in [0.3, 0.4) is 0 Å². The van der Waals surface area contributed by atoms with Crippen molar-refractivity contribution in [3.63, 3.8) is 0 Å². The molecule has 3 N–H and O–H groups in total. The normalized spacial score (nSPS) is 9.93. The van der Waals surface area contributed by atoms with E-state index in [9.17, 15) is 9.59 Å². The van der Waals surface area contributed by atoms with Crippen LogP contribution in [-0.2, 0) is 16.0 Å². The van der Waals surface area contributed by atoms with Gasteiger partial charge in [0.15, 0.2) is 5.11 Å². The molecule has 0 atom stereocenters. The lowest BCUT2D eigenvalue weighted by molar-refractivity contribution is -0.142. The molecule has 82 valence electrons. The molecule has 1 aromatic heterocycles. The smallest absolute Gasteiger partial charge is 0.310 e. The number of nitrogens with zero attached hydrogens (tertiary/aromatic N) is 1. The van der Waals surface area contributed by atoms with E-state index in [4.69, 9.17) is 10.5 Å². The van der Waals surface area contributed by atoms with Crippen molar-refractivity contribution < 1.29 is 9.53 Å². The number of nitrogens with two attached hydrogens (primary N) is 1. The standard InChI is InChI=1S/C8H11N3O3S/c1-2-14-6(12)3-5-4-10-11(7(5)13)8(9)15/h4,10H,2-3H2,1H3,(H2,9,15). The van der Waals surface area contributed by atoms with Gasteiger partial charge in [-0.05, 0) is 19.1 Å². The number of hydrogen-bond donors (Lipinski definition) is 2. The molecule has 0 unspecified atom stereocenters. The third-order valence-electron chi connectivity index (χ3n) is 1.71. The van der Waals surface area contributed by atoms with Gasteiger partial charge in [-0.2, -0.15) is 4.68 Å². The highest BCUT2D eigenvalue weighted by Gasteiger charge is 2.12. The Kier molecular flexibility index (Phi) is 3.62. The van der Waals surface area contributed by atoms with Gasteiger partial charge >= 0.3 is 5.97 Å². The summed E-state index contributed by atoms with van der Waals surface area (Å²) in [5.41, 5.74) is 5.12. The van der Waals surface area contributed by atoms with Gasteiger partial charge in [0.1, 0.15) is 0 Å². The van der Waals surface area contributed by atoms with Crippen LogP contribution in [0.15, 0.2) is 11.0 Å². The number of nitrogens with one attached hydrogen (secondary N) is 1. The van der Waals surface area contributed by atoms with Crippen molar-refractivity contribution in [2.45, 2.75) is 13.3 Å². The predicted octanol–water partition coefficient (Wildman–Crippen LogP) is -0.626. The first-order chi connectivity index (χ1) is 7.06.